The van der Waals surface area contributed by atoms with E-state index in [-0.39, 0.29) is 11.6 Å². The van der Waals surface area contributed by atoms with E-state index >= 15 is 0 Å². The zero-order chi connectivity index (χ0) is 28.7. The standard InChI is InChI=1S/C32H34N4O4S/c1-19-16-33-31(40-5)20(2)29(19)21-7-9-25-27(14-21)35(18-22-6-8-24(38-3)15-28(22)39-4)32(37)26-17-34-36(30(25)26)23-10-12-41-13-11-23/h6-9,14-17,23H,10-13,18H2,1-5H3. The predicted octanol–water partition coefficient (Wildman–Crippen LogP) is 6.17. The highest BCUT2D eigenvalue weighted by Gasteiger charge is 2.23. The van der Waals surface area contributed by atoms with Gasteiger partial charge < -0.3 is 18.8 Å². The molecule has 0 saturated carbocycles. The lowest BCUT2D eigenvalue weighted by Crippen LogP contribution is -2.23. The summed E-state index contributed by atoms with van der Waals surface area (Å²) in [5.74, 6) is 4.16. The van der Waals surface area contributed by atoms with E-state index in [2.05, 4.69) is 27.9 Å². The molecule has 9 heteroatoms. The second-order valence-corrected chi connectivity index (χ2v) is 11.7. The van der Waals surface area contributed by atoms with Crippen LogP contribution in [0.5, 0.6) is 17.4 Å². The van der Waals surface area contributed by atoms with Crippen molar-refractivity contribution in [2.75, 3.05) is 32.8 Å². The molecular formula is C32H34N4O4S. The van der Waals surface area contributed by atoms with Crippen molar-refractivity contribution in [2.24, 2.45) is 0 Å². The van der Waals surface area contributed by atoms with Crippen molar-refractivity contribution in [3.8, 4) is 28.5 Å². The maximum atomic E-state index is 14.3. The Hall–Kier alpha value is -3.98. The van der Waals surface area contributed by atoms with Gasteiger partial charge in [0.05, 0.1) is 56.5 Å². The number of aryl methyl sites for hydroxylation is 1. The Labute approximate surface area is 243 Å². The van der Waals surface area contributed by atoms with Crippen molar-refractivity contribution < 1.29 is 14.2 Å². The minimum absolute atomic E-state index is 0.0697. The molecule has 6 rings (SSSR count). The van der Waals surface area contributed by atoms with Crippen LogP contribution in [0.25, 0.3) is 32.9 Å². The van der Waals surface area contributed by atoms with Crippen LogP contribution in [-0.2, 0) is 6.54 Å². The van der Waals surface area contributed by atoms with Gasteiger partial charge in [-0.1, -0.05) is 12.1 Å². The highest BCUT2D eigenvalue weighted by atomic mass is 32.2. The third-order valence-electron chi connectivity index (χ3n) is 8.12. The van der Waals surface area contributed by atoms with Crippen molar-refractivity contribution in [2.45, 2.75) is 39.3 Å². The smallest absolute Gasteiger partial charge is 0.262 e. The van der Waals surface area contributed by atoms with Gasteiger partial charge in [-0.3, -0.25) is 9.48 Å². The first-order valence-electron chi connectivity index (χ1n) is 13.8. The number of ether oxygens (including phenoxy) is 3. The van der Waals surface area contributed by atoms with Crippen LogP contribution in [0.3, 0.4) is 0 Å². The number of nitrogens with zero attached hydrogens (tertiary/aromatic N) is 4. The zero-order valence-corrected chi connectivity index (χ0v) is 24.9. The van der Waals surface area contributed by atoms with E-state index in [9.17, 15) is 4.79 Å². The van der Waals surface area contributed by atoms with Crippen LogP contribution in [0.1, 0.15) is 35.6 Å². The molecule has 5 aromatic rings. The van der Waals surface area contributed by atoms with E-state index in [0.29, 0.717) is 29.3 Å². The van der Waals surface area contributed by atoms with Gasteiger partial charge in [-0.25, -0.2) is 4.98 Å². The molecule has 1 aliphatic rings. The van der Waals surface area contributed by atoms with Crippen LogP contribution in [-0.4, -0.2) is 52.2 Å². The van der Waals surface area contributed by atoms with E-state index in [1.165, 1.54) is 0 Å². The summed E-state index contributed by atoms with van der Waals surface area (Å²) in [7, 11) is 4.90. The Bertz CT molecular complexity index is 1820. The Morgan fingerprint density at radius 1 is 0.951 bits per heavy atom. The maximum Gasteiger partial charge on any atom is 0.262 e. The van der Waals surface area contributed by atoms with Crippen molar-refractivity contribution in [3.05, 3.63) is 75.8 Å². The van der Waals surface area contributed by atoms with Gasteiger partial charge in [-0.15, -0.1) is 0 Å². The first kappa shape index (κ1) is 27.2. The highest BCUT2D eigenvalue weighted by molar-refractivity contribution is 7.99. The Morgan fingerprint density at radius 3 is 2.49 bits per heavy atom. The summed E-state index contributed by atoms with van der Waals surface area (Å²) in [5.41, 5.74) is 6.63. The van der Waals surface area contributed by atoms with Crippen molar-refractivity contribution in [1.29, 1.82) is 0 Å². The summed E-state index contributed by atoms with van der Waals surface area (Å²) in [6.07, 6.45) is 5.67. The molecule has 0 unspecified atom stereocenters. The number of rotatable bonds is 7. The molecule has 3 aromatic heterocycles. The average molecular weight is 571 g/mol. The number of hydrogen-bond acceptors (Lipinski definition) is 7. The molecule has 212 valence electrons. The number of hydrogen-bond donors (Lipinski definition) is 0. The van der Waals surface area contributed by atoms with E-state index in [4.69, 9.17) is 19.3 Å². The van der Waals surface area contributed by atoms with Crippen LogP contribution in [0.4, 0.5) is 0 Å². The Balaban J connectivity index is 1.63. The lowest BCUT2D eigenvalue weighted by molar-refractivity contribution is 0.390. The third kappa shape index (κ3) is 4.72. The maximum absolute atomic E-state index is 14.3. The molecule has 1 aliphatic heterocycles. The predicted molar refractivity (Wildman–Crippen MR) is 165 cm³/mol. The second kappa shape index (κ2) is 11.1. The fraction of sp³-hybridized carbons (Fsp3) is 0.344. The van der Waals surface area contributed by atoms with Gasteiger partial charge >= 0.3 is 0 Å². The number of methoxy groups -OCH3 is 3. The molecule has 0 amide bonds. The molecule has 0 aliphatic carbocycles. The largest absolute Gasteiger partial charge is 0.497 e. The van der Waals surface area contributed by atoms with Gasteiger partial charge in [-0.05, 0) is 73.1 Å². The summed E-state index contributed by atoms with van der Waals surface area (Å²) in [5, 5.41) is 6.43. The lowest BCUT2D eigenvalue weighted by atomic mass is 9.96. The number of benzene rings is 2. The minimum Gasteiger partial charge on any atom is -0.497 e. The van der Waals surface area contributed by atoms with Crippen molar-refractivity contribution in [1.82, 2.24) is 19.3 Å². The zero-order valence-electron chi connectivity index (χ0n) is 24.1. The van der Waals surface area contributed by atoms with Crippen LogP contribution >= 0.6 is 11.8 Å². The van der Waals surface area contributed by atoms with E-state index in [1.54, 1.807) is 27.5 Å². The van der Waals surface area contributed by atoms with Gasteiger partial charge in [0, 0.05) is 28.8 Å². The van der Waals surface area contributed by atoms with E-state index < -0.39 is 0 Å². The third-order valence-corrected chi connectivity index (χ3v) is 9.17. The molecule has 2 aromatic carbocycles. The summed E-state index contributed by atoms with van der Waals surface area (Å²) in [6, 6.07) is 12.4. The fourth-order valence-corrected chi connectivity index (χ4v) is 7.12. The lowest BCUT2D eigenvalue weighted by Gasteiger charge is -2.23. The molecule has 0 bridgehead atoms. The number of aromatic nitrogens is 4. The molecular weight excluding hydrogens is 536 g/mol. The molecule has 1 saturated heterocycles. The molecule has 4 heterocycles. The summed E-state index contributed by atoms with van der Waals surface area (Å²) >= 11 is 1.98. The molecule has 41 heavy (non-hydrogen) atoms. The van der Waals surface area contributed by atoms with Gasteiger partial charge in [-0.2, -0.15) is 16.9 Å². The second-order valence-electron chi connectivity index (χ2n) is 10.4. The van der Waals surface area contributed by atoms with Crippen LogP contribution in [0.2, 0.25) is 0 Å². The van der Waals surface area contributed by atoms with E-state index in [1.807, 2.05) is 54.6 Å². The molecule has 1 fully saturated rings. The Kier molecular flexibility index (Phi) is 7.38. The monoisotopic (exact) mass is 570 g/mol. The van der Waals surface area contributed by atoms with Crippen LogP contribution in [0, 0.1) is 13.8 Å². The van der Waals surface area contributed by atoms with Crippen molar-refractivity contribution in [3.63, 3.8) is 0 Å². The quantitative estimate of drug-likeness (QED) is 0.231. The normalized spacial score (nSPS) is 14.1. The average Bonchev–Trinajstić information content (AvgIpc) is 3.45. The van der Waals surface area contributed by atoms with Crippen molar-refractivity contribution >= 4 is 33.6 Å². The molecule has 0 spiro atoms. The SMILES string of the molecule is COc1ccc(Cn2c(=O)c3cnn(C4CCSCC4)c3c3ccc(-c4c(C)cnc(OC)c4C)cc32)c(OC)c1. The highest BCUT2D eigenvalue weighted by Crippen LogP contribution is 2.37. The number of thioether (sulfide) groups is 1. The fourth-order valence-electron chi connectivity index (χ4n) is 6.04. The number of pyridine rings is 2. The van der Waals surface area contributed by atoms with Crippen LogP contribution < -0.4 is 19.8 Å². The first-order valence-corrected chi connectivity index (χ1v) is 14.9. The van der Waals surface area contributed by atoms with Gasteiger partial charge in [0.15, 0.2) is 0 Å². The molecule has 0 N–H and O–H groups in total. The number of fused-ring (bicyclic) bond motifs is 3. The first-order chi connectivity index (χ1) is 19.9. The summed E-state index contributed by atoms with van der Waals surface area (Å²) < 4.78 is 20.6. The topological polar surface area (TPSA) is 80.4 Å². The van der Waals surface area contributed by atoms with Gasteiger partial charge in [0.25, 0.3) is 5.56 Å². The molecule has 0 radical (unpaired) electrons. The minimum atomic E-state index is -0.0697. The van der Waals surface area contributed by atoms with Gasteiger partial charge in [0.1, 0.15) is 11.5 Å². The summed E-state index contributed by atoms with van der Waals surface area (Å²) in [6.45, 7) is 4.41. The summed E-state index contributed by atoms with van der Waals surface area (Å²) in [4.78, 5) is 18.7. The van der Waals surface area contributed by atoms with E-state index in [0.717, 1.165) is 68.6 Å². The van der Waals surface area contributed by atoms with Gasteiger partial charge in [0.2, 0.25) is 5.88 Å². The van der Waals surface area contributed by atoms with Crippen LogP contribution in [0.15, 0.2) is 53.6 Å². The molecule has 0 atom stereocenters. The Morgan fingerprint density at radius 2 is 1.76 bits per heavy atom. The molecule has 8 nitrogen and oxygen atoms in total.